The van der Waals surface area contributed by atoms with Gasteiger partial charge in [-0.15, -0.1) is 0 Å². The molecule has 1 unspecified atom stereocenters. The molecule has 1 spiro atoms. The second-order valence-corrected chi connectivity index (χ2v) is 6.84. The van der Waals surface area contributed by atoms with E-state index in [1.807, 2.05) is 18.2 Å². The maximum absolute atomic E-state index is 6.51. The largest absolute Gasteiger partial charge is 0.364 e. The van der Waals surface area contributed by atoms with Gasteiger partial charge in [-0.1, -0.05) is 48.9 Å². The molecule has 0 amide bonds. The van der Waals surface area contributed by atoms with E-state index in [4.69, 9.17) is 27.9 Å². The first-order chi connectivity index (χ1) is 9.69. The third-order valence-electron chi connectivity index (χ3n) is 4.49. The van der Waals surface area contributed by atoms with Crippen LogP contribution in [0.2, 0.25) is 10.0 Å². The predicted molar refractivity (Wildman–Crippen MR) is 83.6 cm³/mol. The van der Waals surface area contributed by atoms with Crippen LogP contribution in [0.5, 0.6) is 0 Å². The fourth-order valence-electron chi connectivity index (χ4n) is 3.42. The van der Waals surface area contributed by atoms with Crippen molar-refractivity contribution in [1.29, 1.82) is 0 Å². The number of halogens is 2. The Morgan fingerprint density at radius 2 is 1.85 bits per heavy atom. The molecule has 2 fully saturated rings. The molecule has 1 aromatic rings. The van der Waals surface area contributed by atoms with E-state index < -0.39 is 0 Å². The molecule has 1 aromatic carbocycles. The quantitative estimate of drug-likeness (QED) is 0.808. The Morgan fingerprint density at radius 1 is 1.10 bits per heavy atom. The smallest absolute Gasteiger partial charge is 0.0972 e. The summed E-state index contributed by atoms with van der Waals surface area (Å²) in [4.78, 5) is 0. The van der Waals surface area contributed by atoms with Crippen LogP contribution in [0.15, 0.2) is 18.2 Å². The molecule has 2 aliphatic rings. The molecular formula is C16H21Cl2NO. The summed E-state index contributed by atoms with van der Waals surface area (Å²) in [6.45, 7) is 1.77. The summed E-state index contributed by atoms with van der Waals surface area (Å²) in [5.74, 6) is 0. The van der Waals surface area contributed by atoms with Crippen LogP contribution >= 0.6 is 23.2 Å². The van der Waals surface area contributed by atoms with E-state index in [0.717, 1.165) is 36.5 Å². The van der Waals surface area contributed by atoms with Crippen molar-refractivity contribution in [1.82, 2.24) is 5.32 Å². The molecule has 0 aromatic heterocycles. The van der Waals surface area contributed by atoms with Gasteiger partial charge in [-0.05, 0) is 31.0 Å². The Kier molecular flexibility index (Phi) is 4.56. The maximum Gasteiger partial charge on any atom is 0.0972 e. The average molecular weight is 314 g/mol. The van der Waals surface area contributed by atoms with Crippen molar-refractivity contribution < 1.29 is 4.74 Å². The number of hydrogen-bond acceptors (Lipinski definition) is 2. The molecular weight excluding hydrogens is 293 g/mol. The number of nitrogens with one attached hydrogen (secondary N) is 1. The standard InChI is InChI=1S/C16H21Cl2NO/c17-12-5-6-14(18)13(9-12)15-10-19-11-16(20-15)7-3-1-2-4-8-16/h5-6,9,15,19H,1-4,7-8,10-11H2. The monoisotopic (exact) mass is 313 g/mol. The lowest BCUT2D eigenvalue weighted by atomic mass is 9.91. The van der Waals surface area contributed by atoms with E-state index in [-0.39, 0.29) is 11.7 Å². The fraction of sp³-hybridized carbons (Fsp3) is 0.625. The third kappa shape index (κ3) is 3.14. The molecule has 1 N–H and O–H groups in total. The number of ether oxygens (including phenoxy) is 1. The van der Waals surface area contributed by atoms with Gasteiger partial charge in [0.1, 0.15) is 0 Å². The summed E-state index contributed by atoms with van der Waals surface area (Å²) in [6.07, 6.45) is 7.48. The lowest BCUT2D eigenvalue weighted by Gasteiger charge is -2.42. The lowest BCUT2D eigenvalue weighted by Crippen LogP contribution is -2.50. The molecule has 0 radical (unpaired) electrons. The highest BCUT2D eigenvalue weighted by Gasteiger charge is 2.38. The van der Waals surface area contributed by atoms with Gasteiger partial charge in [0.25, 0.3) is 0 Å². The number of morpholine rings is 1. The average Bonchev–Trinajstić information content (AvgIpc) is 2.67. The van der Waals surface area contributed by atoms with Gasteiger partial charge in [-0.3, -0.25) is 0 Å². The van der Waals surface area contributed by atoms with E-state index in [1.54, 1.807) is 0 Å². The van der Waals surface area contributed by atoms with E-state index >= 15 is 0 Å². The minimum absolute atomic E-state index is 0.00745. The summed E-state index contributed by atoms with van der Waals surface area (Å²) < 4.78 is 6.51. The molecule has 3 rings (SSSR count). The van der Waals surface area contributed by atoms with Crippen LogP contribution in [0.4, 0.5) is 0 Å². The Labute approximate surface area is 130 Å². The van der Waals surface area contributed by atoms with Gasteiger partial charge >= 0.3 is 0 Å². The van der Waals surface area contributed by atoms with Crippen molar-refractivity contribution in [3.05, 3.63) is 33.8 Å². The number of rotatable bonds is 1. The molecule has 1 saturated heterocycles. The van der Waals surface area contributed by atoms with Gasteiger partial charge in [-0.25, -0.2) is 0 Å². The van der Waals surface area contributed by atoms with Crippen molar-refractivity contribution in [3.8, 4) is 0 Å². The molecule has 1 aliphatic heterocycles. The first kappa shape index (κ1) is 14.6. The van der Waals surface area contributed by atoms with E-state index in [2.05, 4.69) is 5.32 Å². The van der Waals surface area contributed by atoms with E-state index in [1.165, 1.54) is 25.7 Å². The number of hydrogen-bond donors (Lipinski definition) is 1. The third-order valence-corrected chi connectivity index (χ3v) is 5.07. The summed E-state index contributed by atoms with van der Waals surface area (Å²) >= 11 is 12.4. The topological polar surface area (TPSA) is 21.3 Å². The Bertz CT molecular complexity index is 470. The predicted octanol–water partition coefficient (Wildman–Crippen LogP) is 4.75. The highest BCUT2D eigenvalue weighted by molar-refractivity contribution is 6.33. The normalized spacial score (nSPS) is 26.4. The maximum atomic E-state index is 6.51. The summed E-state index contributed by atoms with van der Waals surface area (Å²) in [7, 11) is 0. The Hall–Kier alpha value is -0.280. The van der Waals surface area contributed by atoms with Gasteiger partial charge in [0.15, 0.2) is 0 Å². The SMILES string of the molecule is Clc1ccc(Cl)c(C2CNCC3(CCCCCC3)O2)c1. The van der Waals surface area contributed by atoms with Gasteiger partial charge < -0.3 is 10.1 Å². The molecule has 0 bridgehead atoms. The van der Waals surface area contributed by atoms with Gasteiger partial charge in [0.2, 0.25) is 0 Å². The zero-order valence-corrected chi connectivity index (χ0v) is 13.1. The zero-order valence-electron chi connectivity index (χ0n) is 11.6. The van der Waals surface area contributed by atoms with Crippen molar-refractivity contribution in [2.24, 2.45) is 0 Å². The van der Waals surface area contributed by atoms with Crippen LogP contribution in [0, 0.1) is 0 Å². The van der Waals surface area contributed by atoms with Crippen LogP contribution in [-0.4, -0.2) is 18.7 Å². The molecule has 1 atom stereocenters. The molecule has 1 saturated carbocycles. The molecule has 110 valence electrons. The zero-order chi connectivity index (χ0) is 14.0. The van der Waals surface area contributed by atoms with Gasteiger partial charge in [-0.2, -0.15) is 0 Å². The molecule has 1 aliphatic carbocycles. The van der Waals surface area contributed by atoms with Crippen molar-refractivity contribution in [3.63, 3.8) is 0 Å². The minimum atomic E-state index is -0.00887. The Balaban J connectivity index is 1.82. The summed E-state index contributed by atoms with van der Waals surface area (Å²) in [5, 5.41) is 5.00. The molecule has 20 heavy (non-hydrogen) atoms. The summed E-state index contributed by atoms with van der Waals surface area (Å²) in [5.41, 5.74) is 1.00. The van der Waals surface area contributed by atoms with Crippen LogP contribution < -0.4 is 5.32 Å². The van der Waals surface area contributed by atoms with Crippen molar-refractivity contribution >= 4 is 23.2 Å². The van der Waals surface area contributed by atoms with Crippen LogP contribution in [-0.2, 0) is 4.74 Å². The highest BCUT2D eigenvalue weighted by atomic mass is 35.5. The first-order valence-corrected chi connectivity index (χ1v) is 8.28. The van der Waals surface area contributed by atoms with Gasteiger partial charge in [0.05, 0.1) is 11.7 Å². The minimum Gasteiger partial charge on any atom is -0.364 e. The van der Waals surface area contributed by atoms with Crippen LogP contribution in [0.25, 0.3) is 0 Å². The molecule has 2 nitrogen and oxygen atoms in total. The Morgan fingerprint density at radius 3 is 2.60 bits per heavy atom. The number of benzene rings is 1. The molecule has 4 heteroatoms. The van der Waals surface area contributed by atoms with Gasteiger partial charge in [0, 0.05) is 28.7 Å². The van der Waals surface area contributed by atoms with Crippen LogP contribution in [0.3, 0.4) is 0 Å². The first-order valence-electron chi connectivity index (χ1n) is 7.52. The highest BCUT2D eigenvalue weighted by Crippen LogP contribution is 2.39. The van der Waals surface area contributed by atoms with Crippen molar-refractivity contribution in [2.75, 3.05) is 13.1 Å². The second kappa shape index (κ2) is 6.23. The lowest BCUT2D eigenvalue weighted by molar-refractivity contribution is -0.126. The molecule has 1 heterocycles. The van der Waals surface area contributed by atoms with E-state index in [0.29, 0.717) is 5.02 Å². The van der Waals surface area contributed by atoms with Crippen molar-refractivity contribution in [2.45, 2.75) is 50.2 Å². The fourth-order valence-corrected chi connectivity index (χ4v) is 3.84. The second-order valence-electron chi connectivity index (χ2n) is 6.00. The van der Waals surface area contributed by atoms with Crippen LogP contribution in [0.1, 0.15) is 50.2 Å². The summed E-state index contributed by atoms with van der Waals surface area (Å²) in [6, 6.07) is 5.62. The van der Waals surface area contributed by atoms with E-state index in [9.17, 15) is 0 Å².